The Morgan fingerprint density at radius 1 is 1.26 bits per heavy atom. The highest BCUT2D eigenvalue weighted by atomic mass is 19.1. The minimum absolute atomic E-state index is 0.00136. The van der Waals surface area contributed by atoms with Gasteiger partial charge in [-0.2, -0.15) is 5.10 Å². The molecule has 0 saturated heterocycles. The molecule has 2 N–H and O–H groups in total. The van der Waals surface area contributed by atoms with Crippen molar-refractivity contribution >= 4 is 23.7 Å². The third-order valence-electron chi connectivity index (χ3n) is 5.31. The number of amides is 1. The van der Waals surface area contributed by atoms with E-state index in [0.717, 1.165) is 0 Å². The first kappa shape index (κ1) is 24.8. The molecule has 2 aromatic heterocycles. The van der Waals surface area contributed by atoms with Crippen LogP contribution in [-0.4, -0.2) is 53.5 Å². The Kier molecular flexibility index (Phi) is 7.95. The Morgan fingerprint density at radius 3 is 2.71 bits per heavy atom. The maximum atomic E-state index is 13.9. The summed E-state index contributed by atoms with van der Waals surface area (Å²) in [5.74, 6) is -1.48. The van der Waals surface area contributed by atoms with Gasteiger partial charge in [0.05, 0.1) is 23.4 Å². The minimum atomic E-state index is -1.85. The summed E-state index contributed by atoms with van der Waals surface area (Å²) in [5.41, 5.74) is -0.495. The molecule has 1 unspecified atom stereocenters. The Labute approximate surface area is 196 Å². The van der Waals surface area contributed by atoms with Crippen LogP contribution >= 0.6 is 0 Å². The second kappa shape index (κ2) is 10.9. The van der Waals surface area contributed by atoms with Crippen LogP contribution in [0.4, 0.5) is 4.39 Å². The van der Waals surface area contributed by atoms with E-state index in [1.165, 1.54) is 10.6 Å². The van der Waals surface area contributed by atoms with Crippen LogP contribution in [0.25, 0.3) is 5.52 Å². The molecule has 0 fully saturated rings. The molecule has 1 aromatic carbocycles. The SMILES string of the molecule is CCOC(=O)C(C=O)(CCNC)NC(=O)c1c(C)nn2ccc(OCc3ccccc3F)cc12. The Hall–Kier alpha value is -3.79. The lowest BCUT2D eigenvalue weighted by Gasteiger charge is -2.27. The number of fused-ring (bicyclic) bond motifs is 1. The number of hydrogen-bond acceptors (Lipinski definition) is 7. The summed E-state index contributed by atoms with van der Waals surface area (Å²) in [7, 11) is 1.67. The summed E-state index contributed by atoms with van der Waals surface area (Å²) in [6.45, 7) is 3.61. The summed E-state index contributed by atoms with van der Waals surface area (Å²) in [6.07, 6.45) is 2.01. The molecule has 2 heterocycles. The number of aromatic nitrogens is 2. The van der Waals surface area contributed by atoms with Crippen molar-refractivity contribution in [2.24, 2.45) is 0 Å². The summed E-state index contributed by atoms with van der Waals surface area (Å²) in [6, 6.07) is 9.51. The number of aryl methyl sites for hydroxylation is 1. The van der Waals surface area contributed by atoms with Crippen LogP contribution < -0.4 is 15.4 Å². The van der Waals surface area contributed by atoms with Crippen LogP contribution in [0, 0.1) is 12.7 Å². The fourth-order valence-electron chi connectivity index (χ4n) is 3.49. The molecule has 0 aliphatic carbocycles. The van der Waals surface area contributed by atoms with E-state index in [4.69, 9.17) is 9.47 Å². The predicted octanol–water partition coefficient (Wildman–Crippen LogP) is 2.20. The highest BCUT2D eigenvalue weighted by Gasteiger charge is 2.42. The number of halogens is 1. The largest absolute Gasteiger partial charge is 0.489 e. The van der Waals surface area contributed by atoms with Crippen molar-refractivity contribution in [1.29, 1.82) is 0 Å². The first-order valence-electron chi connectivity index (χ1n) is 10.8. The van der Waals surface area contributed by atoms with Crippen LogP contribution in [0.5, 0.6) is 5.75 Å². The summed E-state index contributed by atoms with van der Waals surface area (Å²) >= 11 is 0. The monoisotopic (exact) mass is 470 g/mol. The van der Waals surface area contributed by atoms with Gasteiger partial charge in [0.15, 0.2) is 11.8 Å². The molecule has 0 radical (unpaired) electrons. The number of esters is 1. The summed E-state index contributed by atoms with van der Waals surface area (Å²) in [5, 5.41) is 9.75. The highest BCUT2D eigenvalue weighted by Crippen LogP contribution is 2.23. The molecular formula is C24H27FN4O5. The number of nitrogens with zero attached hydrogens (tertiary/aromatic N) is 2. The molecule has 0 bridgehead atoms. The van der Waals surface area contributed by atoms with Gasteiger partial charge in [0, 0.05) is 24.2 Å². The lowest BCUT2D eigenvalue weighted by molar-refractivity contribution is -0.152. The molecule has 180 valence electrons. The summed E-state index contributed by atoms with van der Waals surface area (Å²) < 4.78 is 26.2. The van der Waals surface area contributed by atoms with Crippen molar-refractivity contribution in [2.75, 3.05) is 20.2 Å². The number of nitrogens with one attached hydrogen (secondary N) is 2. The average molecular weight is 471 g/mol. The zero-order valence-electron chi connectivity index (χ0n) is 19.3. The van der Waals surface area contributed by atoms with Gasteiger partial charge in [-0.3, -0.25) is 4.79 Å². The Morgan fingerprint density at radius 2 is 2.03 bits per heavy atom. The van der Waals surface area contributed by atoms with E-state index in [2.05, 4.69) is 15.7 Å². The molecule has 10 heteroatoms. The number of pyridine rings is 1. The van der Waals surface area contributed by atoms with Crippen molar-refractivity contribution in [3.63, 3.8) is 0 Å². The van der Waals surface area contributed by atoms with Gasteiger partial charge < -0.3 is 24.9 Å². The number of carbonyl (C=O) groups excluding carboxylic acids is 3. The number of hydrogen-bond donors (Lipinski definition) is 2. The predicted molar refractivity (Wildman–Crippen MR) is 122 cm³/mol. The fourth-order valence-corrected chi connectivity index (χ4v) is 3.49. The molecule has 9 nitrogen and oxygen atoms in total. The van der Waals surface area contributed by atoms with Crippen molar-refractivity contribution in [3.05, 3.63) is 65.2 Å². The lowest BCUT2D eigenvalue weighted by Crippen LogP contribution is -2.58. The second-order valence-electron chi connectivity index (χ2n) is 7.65. The van der Waals surface area contributed by atoms with Crippen LogP contribution in [-0.2, 0) is 20.9 Å². The molecule has 0 saturated carbocycles. The van der Waals surface area contributed by atoms with Gasteiger partial charge in [-0.1, -0.05) is 18.2 Å². The Balaban J connectivity index is 1.91. The molecule has 3 rings (SSSR count). The molecule has 0 aliphatic heterocycles. The highest BCUT2D eigenvalue weighted by molar-refractivity contribution is 6.09. The first-order valence-corrected chi connectivity index (χ1v) is 10.8. The third-order valence-corrected chi connectivity index (χ3v) is 5.31. The van der Waals surface area contributed by atoms with Crippen LogP contribution in [0.1, 0.15) is 35.0 Å². The molecule has 3 aromatic rings. The number of ether oxygens (including phenoxy) is 2. The van der Waals surface area contributed by atoms with E-state index in [-0.39, 0.29) is 31.0 Å². The molecule has 1 atom stereocenters. The normalized spacial score (nSPS) is 12.7. The number of benzene rings is 1. The van der Waals surface area contributed by atoms with E-state index in [0.29, 0.717) is 35.4 Å². The first-order chi connectivity index (χ1) is 16.3. The van der Waals surface area contributed by atoms with Gasteiger partial charge in [0.25, 0.3) is 5.91 Å². The van der Waals surface area contributed by atoms with Gasteiger partial charge in [-0.25, -0.2) is 13.7 Å². The molecular weight excluding hydrogens is 443 g/mol. The van der Waals surface area contributed by atoms with Gasteiger partial charge in [0.2, 0.25) is 0 Å². The number of aldehydes is 1. The topological polar surface area (TPSA) is 111 Å². The summed E-state index contributed by atoms with van der Waals surface area (Å²) in [4.78, 5) is 37.9. The maximum absolute atomic E-state index is 13.9. The van der Waals surface area contributed by atoms with Gasteiger partial charge in [-0.05, 0) is 39.6 Å². The zero-order valence-corrected chi connectivity index (χ0v) is 19.3. The Bertz CT molecular complexity index is 1200. The van der Waals surface area contributed by atoms with E-state index < -0.39 is 17.4 Å². The van der Waals surface area contributed by atoms with Crippen LogP contribution in [0.15, 0.2) is 42.6 Å². The van der Waals surface area contributed by atoms with Crippen LogP contribution in [0.2, 0.25) is 0 Å². The van der Waals surface area contributed by atoms with Crippen molar-refractivity contribution in [3.8, 4) is 5.75 Å². The smallest absolute Gasteiger partial charge is 0.339 e. The molecule has 34 heavy (non-hydrogen) atoms. The second-order valence-corrected chi connectivity index (χ2v) is 7.65. The molecule has 1 amide bonds. The quantitative estimate of drug-likeness (QED) is 0.251. The standard InChI is InChI=1S/C24H27FN4O5/c1-4-33-23(32)24(15-30,10-11-26-3)27-22(31)21-16(2)28-29-12-9-18(13-20(21)29)34-14-17-7-5-6-8-19(17)25/h5-9,12-13,15,26H,4,10-11,14H2,1-3H3,(H,27,31). The van der Waals surface area contributed by atoms with Crippen LogP contribution in [0.3, 0.4) is 0 Å². The lowest BCUT2D eigenvalue weighted by atomic mass is 9.96. The van der Waals surface area contributed by atoms with Gasteiger partial charge in [0.1, 0.15) is 18.2 Å². The van der Waals surface area contributed by atoms with Crippen molar-refractivity contribution in [1.82, 2.24) is 20.2 Å². The van der Waals surface area contributed by atoms with Crippen molar-refractivity contribution < 1.29 is 28.2 Å². The average Bonchev–Trinajstić information content (AvgIpc) is 3.16. The molecule has 0 aliphatic rings. The van der Waals surface area contributed by atoms with Gasteiger partial charge >= 0.3 is 5.97 Å². The maximum Gasteiger partial charge on any atom is 0.339 e. The van der Waals surface area contributed by atoms with E-state index in [1.807, 2.05) is 0 Å². The van der Waals surface area contributed by atoms with E-state index in [1.54, 1.807) is 57.4 Å². The number of rotatable bonds is 11. The zero-order chi connectivity index (χ0) is 24.7. The van der Waals surface area contributed by atoms with E-state index >= 15 is 0 Å². The molecule has 0 spiro atoms. The van der Waals surface area contributed by atoms with E-state index in [9.17, 15) is 18.8 Å². The van der Waals surface area contributed by atoms with Crippen molar-refractivity contribution in [2.45, 2.75) is 32.4 Å². The minimum Gasteiger partial charge on any atom is -0.489 e. The third kappa shape index (κ3) is 5.23. The fraction of sp³-hybridized carbons (Fsp3) is 0.333. The van der Waals surface area contributed by atoms with Gasteiger partial charge in [-0.15, -0.1) is 0 Å². The number of carbonyl (C=O) groups is 3.